The highest BCUT2D eigenvalue weighted by Gasteiger charge is 2.29. The van der Waals surface area contributed by atoms with Crippen molar-refractivity contribution in [1.29, 1.82) is 0 Å². The number of carbonyl (C=O) groups is 1. The molecule has 1 amide bonds. The molecule has 174 valence electrons. The van der Waals surface area contributed by atoms with Crippen LogP contribution in [0.1, 0.15) is 46.3 Å². The van der Waals surface area contributed by atoms with Crippen molar-refractivity contribution in [2.75, 3.05) is 32.7 Å². The van der Waals surface area contributed by atoms with Crippen molar-refractivity contribution in [2.24, 2.45) is 5.92 Å². The summed E-state index contributed by atoms with van der Waals surface area (Å²) >= 11 is 0. The Morgan fingerprint density at radius 2 is 1.72 bits per heavy atom. The van der Waals surface area contributed by atoms with E-state index in [1.807, 2.05) is 6.07 Å². The smallest absolute Gasteiger partial charge is 0.253 e. The number of carbonyl (C=O) groups excluding carboxylic acids is 1. The number of halogens is 2. The second-order valence-electron chi connectivity index (χ2n) is 9.28. The maximum Gasteiger partial charge on any atom is 0.253 e. The van der Waals surface area contributed by atoms with E-state index in [0.29, 0.717) is 12.0 Å². The third-order valence-corrected chi connectivity index (χ3v) is 7.29. The van der Waals surface area contributed by atoms with Gasteiger partial charge in [0.2, 0.25) is 0 Å². The highest BCUT2D eigenvalue weighted by atomic mass is 35.5. The molecule has 5 rings (SSSR count). The maximum absolute atomic E-state index is 13.1. The Hall–Kier alpha value is -1.59. The van der Waals surface area contributed by atoms with Crippen LogP contribution in [0.15, 0.2) is 48.5 Å². The first-order valence-corrected chi connectivity index (χ1v) is 11.7. The van der Waals surface area contributed by atoms with Crippen molar-refractivity contribution in [2.45, 2.75) is 44.7 Å². The summed E-state index contributed by atoms with van der Waals surface area (Å²) < 4.78 is 0. The predicted octanol–water partition coefficient (Wildman–Crippen LogP) is 4.35. The van der Waals surface area contributed by atoms with Gasteiger partial charge in [0.05, 0.1) is 0 Å². The van der Waals surface area contributed by atoms with E-state index in [2.05, 4.69) is 57.6 Å². The molecule has 1 N–H and O–H groups in total. The summed E-state index contributed by atoms with van der Waals surface area (Å²) in [5.74, 6) is 0.921. The van der Waals surface area contributed by atoms with Crippen LogP contribution in [0.25, 0.3) is 0 Å². The zero-order valence-corrected chi connectivity index (χ0v) is 20.3. The molecule has 3 heterocycles. The Labute approximate surface area is 204 Å². The number of rotatable bonds is 4. The van der Waals surface area contributed by atoms with E-state index >= 15 is 0 Å². The van der Waals surface area contributed by atoms with Crippen LogP contribution in [0.4, 0.5) is 0 Å². The van der Waals surface area contributed by atoms with Crippen LogP contribution in [0.3, 0.4) is 0 Å². The van der Waals surface area contributed by atoms with E-state index in [1.54, 1.807) is 0 Å². The first-order valence-electron chi connectivity index (χ1n) is 11.7. The fraction of sp³-hybridized carbons (Fsp3) is 0.500. The van der Waals surface area contributed by atoms with Gasteiger partial charge < -0.3 is 10.2 Å². The molecule has 0 aliphatic carbocycles. The Bertz CT molecular complexity index is 892. The van der Waals surface area contributed by atoms with Crippen LogP contribution in [0.2, 0.25) is 0 Å². The molecular weight excluding hydrogens is 441 g/mol. The van der Waals surface area contributed by atoms with E-state index in [9.17, 15) is 4.79 Å². The van der Waals surface area contributed by atoms with Crippen LogP contribution in [-0.2, 0) is 19.4 Å². The summed E-state index contributed by atoms with van der Waals surface area (Å²) in [6, 6.07) is 17.8. The average Bonchev–Trinajstić information content (AvgIpc) is 3.31. The molecule has 4 nitrogen and oxygen atoms in total. The van der Waals surface area contributed by atoms with Crippen molar-refractivity contribution in [3.05, 3.63) is 70.8 Å². The Morgan fingerprint density at radius 3 is 2.47 bits per heavy atom. The van der Waals surface area contributed by atoms with Gasteiger partial charge in [-0.3, -0.25) is 9.69 Å². The topological polar surface area (TPSA) is 35.6 Å². The second kappa shape index (κ2) is 11.5. The summed E-state index contributed by atoms with van der Waals surface area (Å²) in [5, 5.41) is 3.44. The highest BCUT2D eigenvalue weighted by Crippen LogP contribution is 2.26. The summed E-state index contributed by atoms with van der Waals surface area (Å²) in [6.07, 6.45) is 5.64. The lowest BCUT2D eigenvalue weighted by atomic mass is 9.95. The number of hydrogen-bond acceptors (Lipinski definition) is 3. The fourth-order valence-corrected chi connectivity index (χ4v) is 5.50. The summed E-state index contributed by atoms with van der Waals surface area (Å²) in [6.45, 7) is 6.19. The van der Waals surface area contributed by atoms with Crippen molar-refractivity contribution in [1.82, 2.24) is 15.1 Å². The molecule has 2 fully saturated rings. The van der Waals surface area contributed by atoms with E-state index in [0.717, 1.165) is 70.5 Å². The van der Waals surface area contributed by atoms with Crippen molar-refractivity contribution < 1.29 is 4.79 Å². The van der Waals surface area contributed by atoms with Gasteiger partial charge in [0, 0.05) is 37.8 Å². The molecule has 0 bridgehead atoms. The summed E-state index contributed by atoms with van der Waals surface area (Å²) in [5.41, 5.74) is 5.16. The number of amides is 1. The lowest BCUT2D eigenvalue weighted by Crippen LogP contribution is -2.48. The molecular formula is C26H35Cl2N3O. The fourth-order valence-electron chi connectivity index (χ4n) is 5.50. The minimum atomic E-state index is 0. The molecule has 3 aliphatic heterocycles. The summed E-state index contributed by atoms with van der Waals surface area (Å²) in [4.78, 5) is 17.8. The third-order valence-electron chi connectivity index (χ3n) is 7.29. The van der Waals surface area contributed by atoms with Gasteiger partial charge in [0.15, 0.2) is 0 Å². The minimum Gasteiger partial charge on any atom is -0.339 e. The van der Waals surface area contributed by atoms with Crippen LogP contribution >= 0.6 is 24.8 Å². The van der Waals surface area contributed by atoms with Crippen LogP contribution in [0, 0.1) is 5.92 Å². The highest BCUT2D eigenvalue weighted by molar-refractivity contribution is 5.94. The zero-order valence-electron chi connectivity index (χ0n) is 18.7. The quantitative estimate of drug-likeness (QED) is 0.713. The monoisotopic (exact) mass is 475 g/mol. The van der Waals surface area contributed by atoms with Crippen molar-refractivity contribution in [3.63, 3.8) is 0 Å². The first-order chi connectivity index (χ1) is 14.8. The number of fused-ring (bicyclic) bond motifs is 1. The SMILES string of the molecule is Cl.Cl.O=C(c1cccc(CC2CCNC2)c1)N1CCC(N2CCc3ccccc3C2)CC1. The van der Waals surface area contributed by atoms with E-state index < -0.39 is 0 Å². The lowest BCUT2D eigenvalue weighted by molar-refractivity contribution is 0.0599. The van der Waals surface area contributed by atoms with Crippen LogP contribution in [-0.4, -0.2) is 54.5 Å². The third kappa shape index (κ3) is 5.66. The molecule has 2 aromatic carbocycles. The Morgan fingerprint density at radius 1 is 0.938 bits per heavy atom. The Balaban J connectivity index is 0.00000144. The van der Waals surface area contributed by atoms with Crippen molar-refractivity contribution in [3.8, 4) is 0 Å². The van der Waals surface area contributed by atoms with Crippen LogP contribution in [0.5, 0.6) is 0 Å². The number of likely N-dealkylation sites (tertiary alicyclic amines) is 1. The number of hydrogen-bond donors (Lipinski definition) is 1. The van der Waals surface area contributed by atoms with Crippen LogP contribution < -0.4 is 5.32 Å². The van der Waals surface area contributed by atoms with Gasteiger partial charge >= 0.3 is 0 Å². The van der Waals surface area contributed by atoms with Gasteiger partial charge in [-0.25, -0.2) is 0 Å². The largest absolute Gasteiger partial charge is 0.339 e. The number of benzene rings is 2. The van der Waals surface area contributed by atoms with E-state index in [-0.39, 0.29) is 30.7 Å². The molecule has 1 unspecified atom stereocenters. The second-order valence-corrected chi connectivity index (χ2v) is 9.28. The number of piperidine rings is 1. The van der Waals surface area contributed by atoms with Gasteiger partial charge in [0.1, 0.15) is 0 Å². The van der Waals surface area contributed by atoms with E-state index in [4.69, 9.17) is 0 Å². The molecule has 0 spiro atoms. The van der Waals surface area contributed by atoms with E-state index in [1.165, 1.54) is 23.1 Å². The number of nitrogens with zero attached hydrogens (tertiary/aromatic N) is 2. The zero-order chi connectivity index (χ0) is 20.3. The minimum absolute atomic E-state index is 0. The lowest BCUT2D eigenvalue weighted by Gasteiger charge is -2.40. The average molecular weight is 476 g/mol. The Kier molecular flexibility index (Phi) is 9.01. The molecule has 6 heteroatoms. The molecule has 1 atom stereocenters. The maximum atomic E-state index is 13.1. The molecule has 0 aromatic heterocycles. The van der Waals surface area contributed by atoms with Gasteiger partial charge in [-0.1, -0.05) is 36.4 Å². The summed E-state index contributed by atoms with van der Waals surface area (Å²) in [7, 11) is 0. The molecule has 2 aromatic rings. The molecule has 2 saturated heterocycles. The van der Waals surface area contributed by atoms with Gasteiger partial charge in [-0.2, -0.15) is 0 Å². The molecule has 0 saturated carbocycles. The standard InChI is InChI=1S/C26H33N3O.2ClH/c30-26(23-7-3-4-20(17-23)16-21-8-12-27-18-21)28-14-10-25(11-15-28)29-13-9-22-5-1-2-6-24(22)19-29;;/h1-7,17,21,25,27H,8-16,18-19H2;2*1H. The van der Waals surface area contributed by atoms with Crippen molar-refractivity contribution >= 4 is 30.7 Å². The molecule has 32 heavy (non-hydrogen) atoms. The predicted molar refractivity (Wildman–Crippen MR) is 135 cm³/mol. The molecule has 3 aliphatic rings. The molecule has 0 radical (unpaired) electrons. The number of nitrogens with one attached hydrogen (secondary N) is 1. The first kappa shape index (κ1) is 25.0. The van der Waals surface area contributed by atoms with Gasteiger partial charge in [-0.15, -0.1) is 24.8 Å². The normalized spacial score (nSPS) is 21.4. The van der Waals surface area contributed by atoms with Gasteiger partial charge in [0.25, 0.3) is 5.91 Å². The van der Waals surface area contributed by atoms with Gasteiger partial charge in [-0.05, 0) is 79.9 Å².